The van der Waals surface area contributed by atoms with Gasteiger partial charge in [0.05, 0.1) is 0 Å². The number of hydrogen-bond donors (Lipinski definition) is 0. The summed E-state index contributed by atoms with van der Waals surface area (Å²) in [6, 6.07) is 0. The standard InChI is InChI=1S/C6H9O3.Tl/c1-3-6(7)9-5-8-4-2;/h3H,1-2,4-5H2;. The quantitative estimate of drug-likeness (QED) is 0.238. The molecule has 3 nitrogen and oxygen atoms in total. The third-order valence-corrected chi connectivity index (χ3v) is 1.63. The summed E-state index contributed by atoms with van der Waals surface area (Å²) in [6.45, 7) is 3.98. The summed E-state index contributed by atoms with van der Waals surface area (Å²) in [7, 11) is 0. The Labute approximate surface area is 76.1 Å². The van der Waals surface area contributed by atoms with Gasteiger partial charge in [0.1, 0.15) is 0 Å². The van der Waals surface area contributed by atoms with Gasteiger partial charge in [-0.3, -0.25) is 0 Å². The molecule has 0 rings (SSSR count). The van der Waals surface area contributed by atoms with E-state index in [9.17, 15) is 4.79 Å². The molecule has 0 amide bonds. The molecule has 54 valence electrons. The molecule has 10 heavy (non-hydrogen) atoms. The van der Waals surface area contributed by atoms with Gasteiger partial charge in [-0.25, -0.2) is 0 Å². The molecule has 0 saturated heterocycles. The van der Waals surface area contributed by atoms with E-state index in [0.717, 1.165) is 35.8 Å². The van der Waals surface area contributed by atoms with Crippen molar-refractivity contribution in [2.24, 2.45) is 0 Å². The molecule has 0 bridgehead atoms. The van der Waals surface area contributed by atoms with Crippen molar-refractivity contribution < 1.29 is 14.3 Å². The van der Waals surface area contributed by atoms with Gasteiger partial charge >= 0.3 is 76.0 Å². The topological polar surface area (TPSA) is 35.5 Å². The molecule has 0 fully saturated rings. The summed E-state index contributed by atoms with van der Waals surface area (Å²) < 4.78 is 10.5. The molecule has 0 aromatic carbocycles. The van der Waals surface area contributed by atoms with Crippen LogP contribution in [0.1, 0.15) is 0 Å². The molecule has 0 heterocycles. The molecule has 0 atom stereocenters. The van der Waals surface area contributed by atoms with Crippen LogP contribution in [0.2, 0.25) is 3.98 Å². The first-order chi connectivity index (χ1) is 4.81. The molecule has 0 aliphatic rings. The molecule has 0 saturated carbocycles. The second-order valence-corrected chi connectivity index (χ2v) is 3.73. The van der Waals surface area contributed by atoms with Gasteiger partial charge in [0, 0.05) is 0 Å². The maximum atomic E-state index is 10.4. The van der Waals surface area contributed by atoms with Crippen LogP contribution < -0.4 is 0 Å². The molecular weight excluding hydrogens is 324 g/mol. The number of carbonyl (C=O) groups is 1. The van der Waals surface area contributed by atoms with Gasteiger partial charge in [-0.2, -0.15) is 0 Å². The van der Waals surface area contributed by atoms with E-state index in [-0.39, 0.29) is 6.79 Å². The van der Waals surface area contributed by atoms with Crippen LogP contribution in [0.25, 0.3) is 0 Å². The second-order valence-electron chi connectivity index (χ2n) is 1.48. The first kappa shape index (κ1) is 10.1. The van der Waals surface area contributed by atoms with E-state index < -0.39 is 5.97 Å². The van der Waals surface area contributed by atoms with Gasteiger partial charge in [-0.1, -0.05) is 0 Å². The van der Waals surface area contributed by atoms with Gasteiger partial charge in [0.25, 0.3) is 0 Å². The Bertz CT molecular complexity index is 114. The van der Waals surface area contributed by atoms with E-state index in [2.05, 4.69) is 11.3 Å². The number of esters is 1. The Balaban J connectivity index is 3.03. The van der Waals surface area contributed by atoms with E-state index >= 15 is 0 Å². The van der Waals surface area contributed by atoms with Crippen molar-refractivity contribution in [2.75, 3.05) is 13.4 Å². The van der Waals surface area contributed by atoms with E-state index in [1.165, 1.54) is 0 Å². The van der Waals surface area contributed by atoms with Crippen molar-refractivity contribution in [1.29, 1.82) is 0 Å². The van der Waals surface area contributed by atoms with Crippen molar-refractivity contribution in [3.8, 4) is 0 Å². The van der Waals surface area contributed by atoms with Crippen molar-refractivity contribution in [3.63, 3.8) is 0 Å². The predicted octanol–water partition coefficient (Wildman–Crippen LogP) is 0.276. The average molecular weight is 334 g/mol. The third-order valence-electron chi connectivity index (χ3n) is 0.713. The SMILES string of the molecule is C=CC(=O)OCOC[CH2][Tl]. The summed E-state index contributed by atoms with van der Waals surface area (Å²) in [5.41, 5.74) is 0. The minimum absolute atomic E-state index is 0.0531. The zero-order valence-electron chi connectivity index (χ0n) is 5.71. The Morgan fingerprint density at radius 1 is 1.70 bits per heavy atom. The fourth-order valence-corrected chi connectivity index (χ4v) is 0.949. The average Bonchev–Trinajstić information content (AvgIpc) is 1.98. The zero-order chi connectivity index (χ0) is 7.82. The van der Waals surface area contributed by atoms with Crippen LogP contribution in [0.15, 0.2) is 12.7 Å². The Morgan fingerprint density at radius 2 is 2.40 bits per heavy atom. The van der Waals surface area contributed by atoms with E-state index in [1.54, 1.807) is 0 Å². The first-order valence-electron chi connectivity index (χ1n) is 2.88. The van der Waals surface area contributed by atoms with E-state index in [4.69, 9.17) is 4.74 Å². The first-order valence-corrected chi connectivity index (χ1v) is 6.05. The molecule has 0 aliphatic carbocycles. The molecule has 0 aliphatic heterocycles. The third kappa shape index (κ3) is 6.22. The summed E-state index contributed by atoms with van der Waals surface area (Å²) in [6.07, 6.45) is 1.12. The van der Waals surface area contributed by atoms with Gasteiger partial charge in [0.2, 0.25) is 0 Å². The molecule has 0 aromatic heterocycles. The van der Waals surface area contributed by atoms with Crippen LogP contribution in [0.5, 0.6) is 0 Å². The molecular formula is C6H9O3Tl. The fourth-order valence-electron chi connectivity index (χ4n) is 0.301. The Hall–Kier alpha value is 0.0921. The van der Waals surface area contributed by atoms with Crippen LogP contribution in [-0.4, -0.2) is 45.1 Å². The van der Waals surface area contributed by atoms with Crippen molar-refractivity contribution in [1.82, 2.24) is 0 Å². The minimum atomic E-state index is -0.434. The van der Waals surface area contributed by atoms with Crippen LogP contribution in [0, 0.1) is 0 Å². The fraction of sp³-hybridized carbons (Fsp3) is 0.500. The van der Waals surface area contributed by atoms with Crippen LogP contribution in [0.4, 0.5) is 0 Å². The zero-order valence-corrected chi connectivity index (χ0v) is 10.2. The van der Waals surface area contributed by atoms with Crippen LogP contribution in [0.3, 0.4) is 0 Å². The number of ether oxygens (including phenoxy) is 2. The molecule has 0 spiro atoms. The Kier molecular flexibility index (Phi) is 7.27. The van der Waals surface area contributed by atoms with Crippen LogP contribution >= 0.6 is 0 Å². The number of rotatable bonds is 5. The molecule has 0 aromatic rings. The van der Waals surface area contributed by atoms with Gasteiger partial charge < -0.3 is 0 Å². The van der Waals surface area contributed by atoms with Crippen molar-refractivity contribution >= 4 is 31.7 Å². The summed E-state index contributed by atoms with van der Waals surface area (Å²) in [4.78, 5) is 10.4. The second kappa shape index (κ2) is 7.20. The van der Waals surface area contributed by atoms with E-state index in [1.807, 2.05) is 0 Å². The van der Waals surface area contributed by atoms with Crippen molar-refractivity contribution in [3.05, 3.63) is 12.7 Å². The Morgan fingerprint density at radius 3 is 2.90 bits per heavy atom. The maximum absolute atomic E-state index is 10.4. The number of carbonyl (C=O) groups excluding carboxylic acids is 1. The molecule has 0 unspecified atom stereocenters. The number of hydrogen-bond acceptors (Lipinski definition) is 3. The summed E-state index contributed by atoms with van der Waals surface area (Å²) >= 11 is 0.945. The van der Waals surface area contributed by atoms with Gasteiger partial charge in [0.15, 0.2) is 0 Å². The monoisotopic (exact) mass is 334 g/mol. The van der Waals surface area contributed by atoms with E-state index in [0.29, 0.717) is 6.61 Å². The molecule has 4 heteroatoms. The molecule has 0 radical (unpaired) electrons. The molecule has 0 N–H and O–H groups in total. The van der Waals surface area contributed by atoms with Gasteiger partial charge in [-0.15, -0.1) is 0 Å². The normalized spacial score (nSPS) is 8.70. The van der Waals surface area contributed by atoms with Crippen LogP contribution in [-0.2, 0) is 14.3 Å². The predicted molar refractivity (Wildman–Crippen MR) is 37.7 cm³/mol. The van der Waals surface area contributed by atoms with Crippen molar-refractivity contribution in [2.45, 2.75) is 3.98 Å². The summed E-state index contributed by atoms with van der Waals surface area (Å²) in [5.74, 6) is -0.434. The summed E-state index contributed by atoms with van der Waals surface area (Å²) in [5, 5.41) is 0. The van der Waals surface area contributed by atoms with Gasteiger partial charge in [-0.05, 0) is 0 Å².